The summed E-state index contributed by atoms with van der Waals surface area (Å²) in [5.74, 6) is 7.09. The number of nitrogens with zero attached hydrogens (tertiary/aromatic N) is 1. The Balaban J connectivity index is 1.84. The second-order valence-corrected chi connectivity index (χ2v) is 5.43. The molecule has 3 heteroatoms. The van der Waals surface area contributed by atoms with Crippen LogP contribution < -0.4 is 11.3 Å². The standard InChI is InChI=1S/C14H21N3/c15-17-14(10-4-1-2-5-10)12-8-7-11-6-3-9-16-13(11)12/h3,6,9-10,12,14,17H,1-2,4-5,7-8,15H2. The van der Waals surface area contributed by atoms with Crippen molar-refractivity contribution in [3.8, 4) is 0 Å². The van der Waals surface area contributed by atoms with Crippen LogP contribution >= 0.6 is 0 Å². The number of hydrogen-bond acceptors (Lipinski definition) is 3. The van der Waals surface area contributed by atoms with E-state index in [1.54, 1.807) is 0 Å². The van der Waals surface area contributed by atoms with E-state index < -0.39 is 0 Å². The lowest BCUT2D eigenvalue weighted by Crippen LogP contribution is -2.44. The molecule has 1 fully saturated rings. The van der Waals surface area contributed by atoms with Crippen LogP contribution in [-0.4, -0.2) is 11.0 Å². The molecule has 1 saturated carbocycles. The van der Waals surface area contributed by atoms with E-state index in [2.05, 4.69) is 16.5 Å². The Hall–Kier alpha value is -0.930. The number of aromatic nitrogens is 1. The molecule has 0 spiro atoms. The van der Waals surface area contributed by atoms with Crippen LogP contribution in [0.25, 0.3) is 0 Å². The van der Waals surface area contributed by atoms with Crippen LogP contribution in [0.2, 0.25) is 0 Å². The van der Waals surface area contributed by atoms with Gasteiger partial charge in [-0.05, 0) is 43.2 Å². The summed E-state index contributed by atoms with van der Waals surface area (Å²) in [5.41, 5.74) is 5.81. The van der Waals surface area contributed by atoms with Gasteiger partial charge in [-0.2, -0.15) is 0 Å². The summed E-state index contributed by atoms with van der Waals surface area (Å²) in [4.78, 5) is 4.59. The van der Waals surface area contributed by atoms with Gasteiger partial charge in [-0.25, -0.2) is 0 Å². The predicted molar refractivity (Wildman–Crippen MR) is 68.4 cm³/mol. The van der Waals surface area contributed by atoms with Gasteiger partial charge < -0.3 is 0 Å². The third-order valence-electron chi connectivity index (χ3n) is 4.54. The zero-order valence-corrected chi connectivity index (χ0v) is 10.2. The smallest absolute Gasteiger partial charge is 0.0482 e. The number of hydrogen-bond donors (Lipinski definition) is 2. The van der Waals surface area contributed by atoms with Crippen molar-refractivity contribution in [2.24, 2.45) is 11.8 Å². The van der Waals surface area contributed by atoms with Crippen LogP contribution in [0, 0.1) is 5.92 Å². The zero-order chi connectivity index (χ0) is 11.7. The van der Waals surface area contributed by atoms with Gasteiger partial charge in [0.1, 0.15) is 0 Å². The highest BCUT2D eigenvalue weighted by Gasteiger charge is 2.36. The van der Waals surface area contributed by atoms with Gasteiger partial charge in [0.15, 0.2) is 0 Å². The van der Waals surface area contributed by atoms with Crippen molar-refractivity contribution in [3.63, 3.8) is 0 Å². The highest BCUT2D eigenvalue weighted by atomic mass is 15.2. The van der Waals surface area contributed by atoms with E-state index in [1.165, 1.54) is 49.8 Å². The Morgan fingerprint density at radius 1 is 1.29 bits per heavy atom. The minimum absolute atomic E-state index is 0.425. The second kappa shape index (κ2) is 4.75. The SMILES string of the molecule is NNC(C1CCCC1)C1CCc2cccnc21. The zero-order valence-electron chi connectivity index (χ0n) is 10.2. The Bertz CT molecular complexity index is 385. The van der Waals surface area contributed by atoms with Crippen LogP contribution in [0.4, 0.5) is 0 Å². The first-order valence-corrected chi connectivity index (χ1v) is 6.80. The molecule has 0 aliphatic heterocycles. The van der Waals surface area contributed by atoms with Crippen molar-refractivity contribution in [1.82, 2.24) is 10.4 Å². The van der Waals surface area contributed by atoms with E-state index in [4.69, 9.17) is 5.84 Å². The largest absolute Gasteiger partial charge is 0.271 e. The molecular weight excluding hydrogens is 210 g/mol. The number of nitrogens with two attached hydrogens (primary N) is 1. The van der Waals surface area contributed by atoms with E-state index in [1.807, 2.05) is 12.3 Å². The maximum absolute atomic E-state index is 5.81. The van der Waals surface area contributed by atoms with Gasteiger partial charge in [-0.1, -0.05) is 18.9 Å². The molecule has 3 N–H and O–H groups in total. The van der Waals surface area contributed by atoms with E-state index in [-0.39, 0.29) is 0 Å². The van der Waals surface area contributed by atoms with E-state index >= 15 is 0 Å². The van der Waals surface area contributed by atoms with Crippen molar-refractivity contribution >= 4 is 0 Å². The van der Waals surface area contributed by atoms with Gasteiger partial charge in [0.25, 0.3) is 0 Å². The first-order valence-electron chi connectivity index (χ1n) is 6.80. The number of hydrazine groups is 1. The molecule has 3 nitrogen and oxygen atoms in total. The van der Waals surface area contributed by atoms with Gasteiger partial charge in [0, 0.05) is 23.9 Å². The summed E-state index contributed by atoms with van der Waals surface area (Å²) in [7, 11) is 0. The molecule has 17 heavy (non-hydrogen) atoms. The van der Waals surface area contributed by atoms with Gasteiger partial charge in [-0.3, -0.25) is 16.3 Å². The van der Waals surface area contributed by atoms with Crippen LogP contribution in [0.3, 0.4) is 0 Å². The molecule has 3 rings (SSSR count). The lowest BCUT2D eigenvalue weighted by atomic mass is 9.86. The minimum Gasteiger partial charge on any atom is -0.271 e. The fourth-order valence-electron chi connectivity index (χ4n) is 3.69. The third kappa shape index (κ3) is 1.98. The fourth-order valence-corrected chi connectivity index (χ4v) is 3.69. The lowest BCUT2D eigenvalue weighted by Gasteiger charge is -2.28. The average molecular weight is 231 g/mol. The van der Waals surface area contributed by atoms with Crippen LogP contribution in [0.5, 0.6) is 0 Å². The summed E-state index contributed by atoms with van der Waals surface area (Å²) in [5, 5.41) is 0. The summed E-state index contributed by atoms with van der Waals surface area (Å²) >= 11 is 0. The van der Waals surface area contributed by atoms with E-state index in [9.17, 15) is 0 Å². The molecule has 2 unspecified atom stereocenters. The molecular formula is C14H21N3. The van der Waals surface area contributed by atoms with Crippen molar-refractivity contribution in [2.75, 3.05) is 0 Å². The maximum Gasteiger partial charge on any atom is 0.0482 e. The first kappa shape index (κ1) is 11.2. The summed E-state index contributed by atoms with van der Waals surface area (Å²) in [6, 6.07) is 4.68. The summed E-state index contributed by atoms with van der Waals surface area (Å²) < 4.78 is 0. The van der Waals surface area contributed by atoms with Crippen LogP contribution in [-0.2, 0) is 6.42 Å². The average Bonchev–Trinajstić information content (AvgIpc) is 3.01. The second-order valence-electron chi connectivity index (χ2n) is 5.43. The molecule has 0 bridgehead atoms. The Morgan fingerprint density at radius 2 is 2.12 bits per heavy atom. The highest BCUT2D eigenvalue weighted by Crippen LogP contribution is 2.40. The maximum atomic E-state index is 5.81. The van der Waals surface area contributed by atoms with Gasteiger partial charge in [-0.15, -0.1) is 0 Å². The van der Waals surface area contributed by atoms with Crippen LogP contribution in [0.1, 0.15) is 49.3 Å². The van der Waals surface area contributed by atoms with Crippen LogP contribution in [0.15, 0.2) is 18.3 Å². The molecule has 92 valence electrons. The van der Waals surface area contributed by atoms with Crippen molar-refractivity contribution < 1.29 is 0 Å². The quantitative estimate of drug-likeness (QED) is 0.619. The van der Waals surface area contributed by atoms with Crippen molar-refractivity contribution in [3.05, 3.63) is 29.6 Å². The molecule has 2 aliphatic rings. The Kier molecular flexibility index (Phi) is 3.12. The molecule has 0 amide bonds. The Labute approximate surface area is 103 Å². The van der Waals surface area contributed by atoms with E-state index in [0.29, 0.717) is 12.0 Å². The molecule has 1 aromatic rings. The van der Waals surface area contributed by atoms with Gasteiger partial charge in [0.2, 0.25) is 0 Å². The third-order valence-corrected chi connectivity index (χ3v) is 4.54. The molecule has 1 heterocycles. The predicted octanol–water partition coefficient (Wildman–Crippen LogP) is 2.13. The minimum atomic E-state index is 0.425. The van der Waals surface area contributed by atoms with E-state index in [0.717, 1.165) is 5.92 Å². The molecule has 2 aliphatic carbocycles. The summed E-state index contributed by atoms with van der Waals surface area (Å²) in [6.07, 6.45) is 9.67. The number of pyridine rings is 1. The number of nitrogens with one attached hydrogen (secondary N) is 1. The van der Waals surface area contributed by atoms with Gasteiger partial charge in [0.05, 0.1) is 0 Å². The number of rotatable bonds is 3. The highest BCUT2D eigenvalue weighted by molar-refractivity contribution is 5.30. The lowest BCUT2D eigenvalue weighted by molar-refractivity contribution is 0.308. The Morgan fingerprint density at radius 3 is 2.88 bits per heavy atom. The molecule has 0 saturated heterocycles. The molecule has 0 aromatic carbocycles. The fraction of sp³-hybridized carbons (Fsp3) is 0.643. The van der Waals surface area contributed by atoms with Crippen molar-refractivity contribution in [1.29, 1.82) is 0 Å². The monoisotopic (exact) mass is 231 g/mol. The van der Waals surface area contributed by atoms with Gasteiger partial charge >= 0.3 is 0 Å². The first-order chi connectivity index (χ1) is 8.40. The van der Waals surface area contributed by atoms with Crippen molar-refractivity contribution in [2.45, 2.75) is 50.5 Å². The molecule has 0 radical (unpaired) electrons. The molecule has 1 aromatic heterocycles. The summed E-state index contributed by atoms with van der Waals surface area (Å²) in [6.45, 7) is 0. The number of aryl methyl sites for hydroxylation is 1. The topological polar surface area (TPSA) is 50.9 Å². The molecule has 2 atom stereocenters. The normalized spacial score (nSPS) is 26.1. The number of fused-ring (bicyclic) bond motifs is 1.